The molecule has 0 radical (unpaired) electrons. The molecule has 0 unspecified atom stereocenters. The van der Waals surface area contributed by atoms with Gasteiger partial charge in [0.05, 0.1) is 6.61 Å². The van der Waals surface area contributed by atoms with E-state index in [4.69, 9.17) is 4.74 Å². The number of rotatable bonds is 9. The van der Waals surface area contributed by atoms with Crippen molar-refractivity contribution in [3.63, 3.8) is 0 Å². The zero-order valence-corrected chi connectivity index (χ0v) is 12.9. The third kappa shape index (κ3) is 5.70. The van der Waals surface area contributed by atoms with E-state index in [0.717, 1.165) is 18.0 Å². The van der Waals surface area contributed by atoms with Gasteiger partial charge in [-0.2, -0.15) is 0 Å². The van der Waals surface area contributed by atoms with Crippen LogP contribution < -0.4 is 5.32 Å². The fraction of sp³-hybridized carbons (Fsp3) is 0.714. The summed E-state index contributed by atoms with van der Waals surface area (Å²) >= 11 is 1.46. The minimum atomic E-state index is -0.0754. The Bertz CT molecular complexity index is 379. The molecular formula is C14H24N2O2S. The van der Waals surface area contributed by atoms with Crippen LogP contribution in [-0.4, -0.2) is 24.5 Å². The van der Waals surface area contributed by atoms with Gasteiger partial charge in [-0.3, -0.25) is 4.79 Å². The van der Waals surface area contributed by atoms with Crippen molar-refractivity contribution in [3.05, 3.63) is 16.1 Å². The summed E-state index contributed by atoms with van der Waals surface area (Å²) in [6.07, 6.45) is 4.71. The van der Waals surface area contributed by atoms with Gasteiger partial charge in [-0.05, 0) is 12.3 Å². The molecule has 0 aliphatic carbocycles. The van der Waals surface area contributed by atoms with E-state index in [9.17, 15) is 4.79 Å². The van der Waals surface area contributed by atoms with Crippen LogP contribution in [0.15, 0.2) is 5.38 Å². The van der Waals surface area contributed by atoms with Crippen molar-refractivity contribution >= 4 is 17.2 Å². The first kappa shape index (κ1) is 16.1. The molecule has 1 heterocycles. The summed E-state index contributed by atoms with van der Waals surface area (Å²) in [4.78, 5) is 16.2. The van der Waals surface area contributed by atoms with E-state index in [2.05, 4.69) is 24.1 Å². The van der Waals surface area contributed by atoms with Crippen LogP contribution in [0.25, 0.3) is 0 Å². The Labute approximate surface area is 119 Å². The van der Waals surface area contributed by atoms with Gasteiger partial charge in [0, 0.05) is 19.0 Å². The third-order valence-corrected chi connectivity index (χ3v) is 3.97. The van der Waals surface area contributed by atoms with Gasteiger partial charge < -0.3 is 10.1 Å². The summed E-state index contributed by atoms with van der Waals surface area (Å²) in [5, 5.41) is 5.61. The molecule has 0 bridgehead atoms. The lowest BCUT2D eigenvalue weighted by atomic mass is 9.99. The van der Waals surface area contributed by atoms with E-state index in [1.54, 1.807) is 12.5 Å². The maximum atomic E-state index is 11.9. The zero-order valence-electron chi connectivity index (χ0n) is 12.1. The third-order valence-electron chi connectivity index (χ3n) is 3.15. The van der Waals surface area contributed by atoms with Gasteiger partial charge in [-0.15, -0.1) is 11.3 Å². The fourth-order valence-electron chi connectivity index (χ4n) is 1.88. The largest absolute Gasteiger partial charge is 0.378 e. The average Bonchev–Trinajstić information content (AvgIpc) is 2.88. The topological polar surface area (TPSA) is 51.2 Å². The average molecular weight is 284 g/mol. The van der Waals surface area contributed by atoms with Gasteiger partial charge in [0.15, 0.2) is 0 Å². The molecular weight excluding hydrogens is 260 g/mol. The molecule has 1 aromatic heterocycles. The number of amides is 1. The van der Waals surface area contributed by atoms with Crippen molar-refractivity contribution in [1.29, 1.82) is 0 Å². The molecule has 0 fully saturated rings. The maximum absolute atomic E-state index is 11.9. The first-order chi connectivity index (χ1) is 9.21. The second kappa shape index (κ2) is 9.04. The van der Waals surface area contributed by atoms with Gasteiger partial charge in [-0.25, -0.2) is 4.98 Å². The molecule has 108 valence electrons. The number of carbonyl (C=O) groups is 1. The SMILES string of the molecule is CCCC[C@@H](CC)CNC(=O)c1csc(COC)n1. The van der Waals surface area contributed by atoms with Crippen molar-refractivity contribution in [2.24, 2.45) is 5.92 Å². The molecule has 1 rings (SSSR count). The lowest BCUT2D eigenvalue weighted by Crippen LogP contribution is -2.29. The van der Waals surface area contributed by atoms with E-state index in [1.807, 2.05) is 0 Å². The predicted molar refractivity (Wildman–Crippen MR) is 78.5 cm³/mol. The molecule has 1 aromatic rings. The standard InChI is InChI=1S/C14H24N2O2S/c1-4-6-7-11(5-2)8-15-14(17)12-10-19-13(16-12)9-18-3/h10-11H,4-9H2,1-3H3,(H,15,17)/t11-/m1/s1. The van der Waals surface area contributed by atoms with Crippen molar-refractivity contribution in [1.82, 2.24) is 10.3 Å². The van der Waals surface area contributed by atoms with Crippen LogP contribution in [0.1, 0.15) is 55.0 Å². The van der Waals surface area contributed by atoms with Crippen molar-refractivity contribution < 1.29 is 9.53 Å². The molecule has 0 aliphatic heterocycles. The van der Waals surface area contributed by atoms with Gasteiger partial charge in [0.25, 0.3) is 5.91 Å². The highest BCUT2D eigenvalue weighted by molar-refractivity contribution is 7.09. The van der Waals surface area contributed by atoms with Gasteiger partial charge >= 0.3 is 0 Å². The van der Waals surface area contributed by atoms with Crippen molar-refractivity contribution in [3.8, 4) is 0 Å². The van der Waals surface area contributed by atoms with E-state index >= 15 is 0 Å². The van der Waals surface area contributed by atoms with Crippen molar-refractivity contribution in [2.75, 3.05) is 13.7 Å². The molecule has 0 aromatic carbocycles. The molecule has 1 atom stereocenters. The van der Waals surface area contributed by atoms with Crippen molar-refractivity contribution in [2.45, 2.75) is 46.1 Å². The quantitative estimate of drug-likeness (QED) is 0.757. The number of nitrogens with zero attached hydrogens (tertiary/aromatic N) is 1. The summed E-state index contributed by atoms with van der Waals surface area (Å²) < 4.78 is 5.00. The number of carbonyl (C=O) groups excluding carboxylic acids is 1. The Hall–Kier alpha value is -0.940. The Kier molecular flexibility index (Phi) is 7.67. The highest BCUT2D eigenvalue weighted by Crippen LogP contribution is 2.13. The van der Waals surface area contributed by atoms with Crippen LogP contribution in [0.2, 0.25) is 0 Å². The lowest BCUT2D eigenvalue weighted by molar-refractivity contribution is 0.0941. The number of hydrogen-bond acceptors (Lipinski definition) is 4. The molecule has 5 heteroatoms. The van der Waals surface area contributed by atoms with E-state index in [1.165, 1.54) is 30.6 Å². The Balaban J connectivity index is 2.40. The summed E-state index contributed by atoms with van der Waals surface area (Å²) in [6.45, 7) is 5.57. The second-order valence-electron chi connectivity index (χ2n) is 4.69. The first-order valence-corrected chi connectivity index (χ1v) is 7.80. The molecule has 1 amide bonds. The molecule has 19 heavy (non-hydrogen) atoms. The normalized spacial score (nSPS) is 12.4. The van der Waals surface area contributed by atoms with Gasteiger partial charge in [-0.1, -0.05) is 33.1 Å². The number of thiazole rings is 1. The smallest absolute Gasteiger partial charge is 0.270 e. The van der Waals surface area contributed by atoms with Crippen LogP contribution in [-0.2, 0) is 11.3 Å². The van der Waals surface area contributed by atoms with Crippen LogP contribution in [0.4, 0.5) is 0 Å². The predicted octanol–water partition coefficient (Wildman–Crippen LogP) is 3.24. The molecule has 4 nitrogen and oxygen atoms in total. The number of methoxy groups -OCH3 is 1. The molecule has 0 spiro atoms. The monoisotopic (exact) mass is 284 g/mol. The molecule has 1 N–H and O–H groups in total. The van der Waals surface area contributed by atoms with Gasteiger partial charge in [0.1, 0.15) is 10.7 Å². The van der Waals surface area contributed by atoms with E-state index in [-0.39, 0.29) is 5.91 Å². The second-order valence-corrected chi connectivity index (χ2v) is 5.63. The maximum Gasteiger partial charge on any atom is 0.270 e. The number of hydrogen-bond donors (Lipinski definition) is 1. The number of aromatic nitrogens is 1. The minimum Gasteiger partial charge on any atom is -0.378 e. The minimum absolute atomic E-state index is 0.0754. The molecule has 0 saturated heterocycles. The highest BCUT2D eigenvalue weighted by Gasteiger charge is 2.12. The Morgan fingerprint density at radius 2 is 2.32 bits per heavy atom. The van der Waals surface area contributed by atoms with Crippen LogP contribution in [0, 0.1) is 5.92 Å². The zero-order chi connectivity index (χ0) is 14.1. The summed E-state index contributed by atoms with van der Waals surface area (Å²) in [5.74, 6) is 0.495. The Morgan fingerprint density at radius 1 is 1.53 bits per heavy atom. The number of unbranched alkanes of at least 4 members (excludes halogenated alkanes) is 1. The van der Waals surface area contributed by atoms with E-state index in [0.29, 0.717) is 18.2 Å². The highest BCUT2D eigenvalue weighted by atomic mass is 32.1. The van der Waals surface area contributed by atoms with Crippen LogP contribution >= 0.6 is 11.3 Å². The fourth-order valence-corrected chi connectivity index (χ4v) is 2.62. The summed E-state index contributed by atoms with van der Waals surface area (Å²) in [6, 6.07) is 0. The molecule has 0 aliphatic rings. The van der Waals surface area contributed by atoms with E-state index < -0.39 is 0 Å². The summed E-state index contributed by atoms with van der Waals surface area (Å²) in [7, 11) is 1.63. The lowest BCUT2D eigenvalue weighted by Gasteiger charge is -2.14. The van der Waals surface area contributed by atoms with Crippen LogP contribution in [0.3, 0.4) is 0 Å². The number of nitrogens with one attached hydrogen (secondary N) is 1. The van der Waals surface area contributed by atoms with Gasteiger partial charge in [0.2, 0.25) is 0 Å². The first-order valence-electron chi connectivity index (χ1n) is 6.92. The summed E-state index contributed by atoms with van der Waals surface area (Å²) in [5.41, 5.74) is 0.502. The molecule has 0 saturated carbocycles. The number of ether oxygens (including phenoxy) is 1. The Morgan fingerprint density at radius 3 is 2.95 bits per heavy atom. The van der Waals surface area contributed by atoms with Crippen LogP contribution in [0.5, 0.6) is 0 Å².